The van der Waals surface area contributed by atoms with E-state index in [2.05, 4.69) is 14.7 Å². The van der Waals surface area contributed by atoms with Gasteiger partial charge in [-0.25, -0.2) is 4.98 Å². The number of hydrogen-bond acceptors (Lipinski definition) is 7. The molecule has 9 heteroatoms. The molecule has 0 aromatic carbocycles. The smallest absolute Gasteiger partial charge is 0.229 e. The van der Waals surface area contributed by atoms with Gasteiger partial charge in [0.15, 0.2) is 5.82 Å². The first-order valence-electron chi connectivity index (χ1n) is 6.41. The number of Topliss-reactive ketones (excluding diaryl/α,β-unsaturated/α-hetero) is 1. The Morgan fingerprint density at radius 3 is 2.57 bits per heavy atom. The number of amides is 3. The van der Waals surface area contributed by atoms with E-state index >= 15 is 0 Å². The molecule has 112 valence electrons. The van der Waals surface area contributed by atoms with Crippen LogP contribution in [0.3, 0.4) is 0 Å². The maximum absolute atomic E-state index is 11.7. The highest BCUT2D eigenvalue weighted by atomic mass is 32.1. The second-order valence-corrected chi connectivity index (χ2v) is 5.38. The Labute approximate surface area is 124 Å². The lowest BCUT2D eigenvalue weighted by Gasteiger charge is -2.12. The van der Waals surface area contributed by atoms with Crippen molar-refractivity contribution in [2.75, 3.05) is 11.9 Å². The zero-order chi connectivity index (χ0) is 15.4. The molecule has 0 aliphatic carbocycles. The summed E-state index contributed by atoms with van der Waals surface area (Å²) < 4.78 is 3.95. The standard InChI is InChI=1S/C12H14N4O4S/c1-7(17)6-8-13-12(21-15-8)14-9(18)4-5-16-10(19)2-3-11(16)20/h2-6H2,1H3,(H,13,14,15,18). The van der Waals surface area contributed by atoms with Gasteiger partial charge in [0.2, 0.25) is 22.9 Å². The Morgan fingerprint density at radius 1 is 1.29 bits per heavy atom. The fourth-order valence-corrected chi connectivity index (χ4v) is 2.47. The van der Waals surface area contributed by atoms with Crippen LogP contribution in [0.5, 0.6) is 0 Å². The van der Waals surface area contributed by atoms with E-state index in [1.165, 1.54) is 6.92 Å². The van der Waals surface area contributed by atoms with Crippen LogP contribution in [0, 0.1) is 0 Å². The molecule has 1 fully saturated rings. The van der Waals surface area contributed by atoms with Crippen molar-refractivity contribution in [3.8, 4) is 0 Å². The zero-order valence-electron chi connectivity index (χ0n) is 11.4. The van der Waals surface area contributed by atoms with Crippen molar-refractivity contribution in [3.05, 3.63) is 5.82 Å². The molecule has 21 heavy (non-hydrogen) atoms. The maximum Gasteiger partial charge on any atom is 0.229 e. The number of likely N-dealkylation sites (tertiary alicyclic amines) is 1. The minimum Gasteiger partial charge on any atom is -0.301 e. The highest BCUT2D eigenvalue weighted by Crippen LogP contribution is 2.14. The fraction of sp³-hybridized carbons (Fsp3) is 0.500. The van der Waals surface area contributed by atoms with Gasteiger partial charge in [-0.05, 0) is 6.92 Å². The molecule has 1 aliphatic rings. The van der Waals surface area contributed by atoms with Gasteiger partial charge < -0.3 is 5.32 Å². The molecule has 3 amide bonds. The van der Waals surface area contributed by atoms with Crippen LogP contribution in [0.2, 0.25) is 0 Å². The average Bonchev–Trinajstić information content (AvgIpc) is 2.95. The summed E-state index contributed by atoms with van der Waals surface area (Å²) in [5.41, 5.74) is 0. The van der Waals surface area contributed by atoms with Gasteiger partial charge in [-0.2, -0.15) is 4.37 Å². The number of nitrogens with zero attached hydrogens (tertiary/aromatic N) is 3. The van der Waals surface area contributed by atoms with Gasteiger partial charge in [0.05, 0.1) is 6.42 Å². The first kappa shape index (κ1) is 15.2. The van der Waals surface area contributed by atoms with Crippen LogP contribution < -0.4 is 5.32 Å². The summed E-state index contributed by atoms with van der Waals surface area (Å²) in [5.74, 6) is -0.530. The largest absolute Gasteiger partial charge is 0.301 e. The highest BCUT2D eigenvalue weighted by molar-refractivity contribution is 7.09. The van der Waals surface area contributed by atoms with E-state index in [4.69, 9.17) is 0 Å². The van der Waals surface area contributed by atoms with Gasteiger partial charge in [0.25, 0.3) is 0 Å². The van der Waals surface area contributed by atoms with Gasteiger partial charge in [-0.1, -0.05) is 0 Å². The lowest BCUT2D eigenvalue weighted by atomic mass is 10.3. The van der Waals surface area contributed by atoms with Crippen LogP contribution in [-0.4, -0.2) is 44.3 Å². The van der Waals surface area contributed by atoms with Gasteiger partial charge in [0, 0.05) is 37.3 Å². The lowest BCUT2D eigenvalue weighted by Crippen LogP contribution is -2.32. The van der Waals surface area contributed by atoms with Crippen molar-refractivity contribution in [1.29, 1.82) is 0 Å². The molecule has 0 radical (unpaired) electrons. The Balaban J connectivity index is 1.81. The fourth-order valence-electron chi connectivity index (χ4n) is 1.87. The van der Waals surface area contributed by atoms with Gasteiger partial charge in [-0.15, -0.1) is 0 Å². The zero-order valence-corrected chi connectivity index (χ0v) is 12.2. The predicted octanol–water partition coefficient (Wildman–Crippen LogP) is 0.147. The minimum absolute atomic E-state index is 0.0130. The summed E-state index contributed by atoms with van der Waals surface area (Å²) in [7, 11) is 0. The number of anilines is 1. The molecule has 0 unspecified atom stereocenters. The molecular weight excluding hydrogens is 296 g/mol. The lowest BCUT2D eigenvalue weighted by molar-refractivity contribution is -0.138. The van der Waals surface area contributed by atoms with E-state index in [1.54, 1.807) is 0 Å². The molecule has 1 saturated heterocycles. The minimum atomic E-state index is -0.354. The summed E-state index contributed by atoms with van der Waals surface area (Å²) in [5, 5.41) is 2.84. The van der Waals surface area contributed by atoms with E-state index in [0.717, 1.165) is 16.4 Å². The Morgan fingerprint density at radius 2 is 1.95 bits per heavy atom. The van der Waals surface area contributed by atoms with E-state index in [9.17, 15) is 19.2 Å². The van der Waals surface area contributed by atoms with Gasteiger partial charge in [-0.3, -0.25) is 24.1 Å². The summed E-state index contributed by atoms with van der Waals surface area (Å²) in [6.07, 6.45) is 0.568. The predicted molar refractivity (Wildman–Crippen MR) is 73.5 cm³/mol. The SMILES string of the molecule is CC(=O)Cc1nsc(NC(=O)CCN2C(=O)CCC2=O)n1. The van der Waals surface area contributed by atoms with E-state index in [1.807, 2.05) is 0 Å². The number of carbonyl (C=O) groups excluding carboxylic acids is 4. The van der Waals surface area contributed by atoms with Crippen LogP contribution in [0.15, 0.2) is 0 Å². The van der Waals surface area contributed by atoms with Gasteiger partial charge >= 0.3 is 0 Å². The molecule has 2 heterocycles. The monoisotopic (exact) mass is 310 g/mol. The van der Waals surface area contributed by atoms with Crippen LogP contribution in [0.25, 0.3) is 0 Å². The average molecular weight is 310 g/mol. The second-order valence-electron chi connectivity index (χ2n) is 4.63. The van der Waals surface area contributed by atoms with Crippen molar-refractivity contribution in [3.63, 3.8) is 0 Å². The molecule has 1 aromatic rings. The normalized spacial score (nSPS) is 14.6. The molecule has 2 rings (SSSR count). The van der Waals surface area contributed by atoms with Crippen molar-refractivity contribution in [2.45, 2.75) is 32.6 Å². The molecule has 1 aromatic heterocycles. The Bertz CT molecular complexity index is 582. The number of imide groups is 1. The second kappa shape index (κ2) is 6.53. The van der Waals surface area contributed by atoms with E-state index < -0.39 is 0 Å². The first-order valence-corrected chi connectivity index (χ1v) is 7.18. The number of carbonyl (C=O) groups is 4. The first-order chi connectivity index (χ1) is 9.95. The Hall–Kier alpha value is -2.16. The highest BCUT2D eigenvalue weighted by Gasteiger charge is 2.28. The van der Waals surface area contributed by atoms with E-state index in [-0.39, 0.29) is 55.7 Å². The van der Waals surface area contributed by atoms with Crippen LogP contribution in [0.4, 0.5) is 5.13 Å². The van der Waals surface area contributed by atoms with Crippen LogP contribution >= 0.6 is 11.5 Å². The number of aromatic nitrogens is 2. The molecule has 0 atom stereocenters. The molecule has 1 aliphatic heterocycles. The summed E-state index contributed by atoms with van der Waals surface area (Å²) in [6.45, 7) is 1.51. The summed E-state index contributed by atoms with van der Waals surface area (Å²) >= 11 is 0.986. The molecule has 0 bridgehead atoms. The maximum atomic E-state index is 11.7. The Kier molecular flexibility index (Phi) is 4.73. The topological polar surface area (TPSA) is 109 Å². The third-order valence-electron chi connectivity index (χ3n) is 2.84. The van der Waals surface area contributed by atoms with Crippen LogP contribution in [-0.2, 0) is 25.6 Å². The van der Waals surface area contributed by atoms with E-state index in [0.29, 0.717) is 11.0 Å². The third kappa shape index (κ3) is 4.15. The molecule has 8 nitrogen and oxygen atoms in total. The van der Waals surface area contributed by atoms with Crippen molar-refractivity contribution in [2.24, 2.45) is 0 Å². The number of nitrogens with one attached hydrogen (secondary N) is 1. The number of ketones is 1. The molecule has 1 N–H and O–H groups in total. The quantitative estimate of drug-likeness (QED) is 0.749. The van der Waals surface area contributed by atoms with Crippen LogP contribution in [0.1, 0.15) is 32.0 Å². The summed E-state index contributed by atoms with van der Waals surface area (Å²) in [4.78, 5) is 50.5. The summed E-state index contributed by atoms with van der Waals surface area (Å²) in [6, 6.07) is 0. The van der Waals surface area contributed by atoms with Crippen molar-refractivity contribution >= 4 is 40.2 Å². The third-order valence-corrected chi connectivity index (χ3v) is 3.51. The number of rotatable bonds is 6. The van der Waals surface area contributed by atoms with Crippen molar-refractivity contribution in [1.82, 2.24) is 14.3 Å². The molecule has 0 spiro atoms. The number of hydrogen-bond donors (Lipinski definition) is 1. The van der Waals surface area contributed by atoms with Crippen molar-refractivity contribution < 1.29 is 19.2 Å². The molecular formula is C12H14N4O4S. The molecule has 0 saturated carbocycles. The van der Waals surface area contributed by atoms with Gasteiger partial charge in [0.1, 0.15) is 5.78 Å².